The molecule has 0 spiro atoms. The van der Waals surface area contributed by atoms with Crippen molar-refractivity contribution in [3.8, 4) is 0 Å². The predicted octanol–water partition coefficient (Wildman–Crippen LogP) is 3.98. The highest BCUT2D eigenvalue weighted by Gasteiger charge is 2.35. The van der Waals surface area contributed by atoms with Crippen LogP contribution in [0.25, 0.3) is 21.7 Å². The van der Waals surface area contributed by atoms with Crippen molar-refractivity contribution >= 4 is 33.6 Å². The van der Waals surface area contributed by atoms with Gasteiger partial charge in [0, 0.05) is 10.9 Å². The van der Waals surface area contributed by atoms with E-state index in [1.54, 1.807) is 13.2 Å². The number of hydrogen-bond acceptors (Lipinski definition) is 4. The molecule has 26 heavy (non-hydrogen) atoms. The van der Waals surface area contributed by atoms with Crippen LogP contribution in [0.3, 0.4) is 0 Å². The third kappa shape index (κ3) is 3.29. The quantitative estimate of drug-likeness (QED) is 0.681. The molecule has 0 bridgehead atoms. The van der Waals surface area contributed by atoms with Crippen molar-refractivity contribution in [3.05, 3.63) is 48.2 Å². The first kappa shape index (κ1) is 18.0. The third-order valence-corrected chi connectivity index (χ3v) is 4.69. The maximum absolute atomic E-state index is 12.6. The van der Waals surface area contributed by atoms with Crippen LogP contribution in [0.4, 0.5) is 0 Å². The van der Waals surface area contributed by atoms with Crippen LogP contribution < -0.4 is 5.32 Å². The first-order valence-electron chi connectivity index (χ1n) is 8.75. The van der Waals surface area contributed by atoms with Crippen LogP contribution in [-0.2, 0) is 20.7 Å². The van der Waals surface area contributed by atoms with Gasteiger partial charge in [-0.25, -0.2) is 4.79 Å². The van der Waals surface area contributed by atoms with Crippen LogP contribution in [0.15, 0.2) is 47.1 Å². The van der Waals surface area contributed by atoms with Crippen LogP contribution in [0.2, 0.25) is 0 Å². The zero-order valence-corrected chi connectivity index (χ0v) is 15.3. The normalized spacial score (nSPS) is 13.5. The number of esters is 1. The van der Waals surface area contributed by atoms with Crippen LogP contribution in [0.5, 0.6) is 0 Å². The van der Waals surface area contributed by atoms with Gasteiger partial charge in [0.1, 0.15) is 11.1 Å². The Morgan fingerprint density at radius 3 is 2.69 bits per heavy atom. The summed E-state index contributed by atoms with van der Waals surface area (Å²) in [5.41, 5.74) is 0.524. The van der Waals surface area contributed by atoms with E-state index in [0.29, 0.717) is 6.42 Å². The summed E-state index contributed by atoms with van der Waals surface area (Å²) in [7, 11) is 1.33. The lowest BCUT2D eigenvalue weighted by Gasteiger charge is -2.27. The van der Waals surface area contributed by atoms with Crippen molar-refractivity contribution in [3.63, 3.8) is 0 Å². The predicted molar refractivity (Wildman–Crippen MR) is 101 cm³/mol. The molecule has 5 heteroatoms. The lowest BCUT2D eigenvalue weighted by atomic mass is 9.95. The summed E-state index contributed by atoms with van der Waals surface area (Å²) in [4.78, 5) is 24.7. The van der Waals surface area contributed by atoms with E-state index in [1.807, 2.05) is 43.3 Å². The number of methoxy groups -OCH3 is 1. The lowest BCUT2D eigenvalue weighted by Crippen LogP contribution is -2.53. The van der Waals surface area contributed by atoms with Crippen molar-refractivity contribution in [1.82, 2.24) is 5.32 Å². The number of amides is 1. The number of carbonyl (C=O) groups excluding carboxylic acids is 2. The number of hydrogen-bond donors (Lipinski definition) is 1. The molecule has 0 aliphatic rings. The Morgan fingerprint density at radius 1 is 1.19 bits per heavy atom. The second-order valence-electron chi connectivity index (χ2n) is 6.72. The topological polar surface area (TPSA) is 68.5 Å². The van der Waals surface area contributed by atoms with E-state index in [-0.39, 0.29) is 12.3 Å². The summed E-state index contributed by atoms with van der Waals surface area (Å²) in [6.45, 7) is 3.66. The maximum atomic E-state index is 12.6. The molecule has 1 aromatic heterocycles. The summed E-state index contributed by atoms with van der Waals surface area (Å²) in [6.07, 6.45) is 3.02. The molecule has 2 aromatic carbocycles. The number of furan rings is 1. The first-order chi connectivity index (χ1) is 12.5. The second-order valence-corrected chi connectivity index (χ2v) is 6.72. The highest BCUT2D eigenvalue weighted by atomic mass is 16.5. The zero-order valence-electron chi connectivity index (χ0n) is 15.3. The zero-order chi connectivity index (χ0) is 18.7. The van der Waals surface area contributed by atoms with Crippen LogP contribution in [0.1, 0.15) is 32.3 Å². The minimum absolute atomic E-state index is 0.136. The molecule has 1 atom stereocenters. The average Bonchev–Trinajstić information content (AvgIpc) is 3.04. The molecule has 0 aliphatic heterocycles. The minimum atomic E-state index is -1.03. The van der Waals surface area contributed by atoms with E-state index in [2.05, 4.69) is 5.32 Å². The lowest BCUT2D eigenvalue weighted by molar-refractivity contribution is -0.150. The van der Waals surface area contributed by atoms with Gasteiger partial charge in [-0.05, 0) is 30.2 Å². The smallest absolute Gasteiger partial charge is 0.331 e. The first-order valence-corrected chi connectivity index (χ1v) is 8.75. The molecule has 136 valence electrons. The Hall–Kier alpha value is -2.82. The van der Waals surface area contributed by atoms with Crippen molar-refractivity contribution in [2.75, 3.05) is 7.11 Å². The molecule has 0 aliphatic carbocycles. The summed E-state index contributed by atoms with van der Waals surface area (Å²) in [5.74, 6) is -0.669. The molecule has 1 heterocycles. The van der Waals surface area contributed by atoms with E-state index in [1.165, 1.54) is 7.11 Å². The molecule has 5 nitrogen and oxygen atoms in total. The molecule has 0 fully saturated rings. The number of nitrogens with one attached hydrogen (secondary N) is 1. The molecular formula is C21H23NO4. The van der Waals surface area contributed by atoms with Gasteiger partial charge in [0.15, 0.2) is 0 Å². The Labute approximate surface area is 152 Å². The van der Waals surface area contributed by atoms with Gasteiger partial charge in [0.05, 0.1) is 19.8 Å². The molecule has 0 saturated carbocycles. The number of carbonyl (C=O) groups is 2. The molecule has 0 radical (unpaired) electrons. The molecular weight excluding hydrogens is 330 g/mol. The summed E-state index contributed by atoms with van der Waals surface area (Å²) in [5, 5.41) is 5.92. The molecule has 1 N–H and O–H groups in total. The summed E-state index contributed by atoms with van der Waals surface area (Å²) in [6, 6.07) is 11.9. The molecule has 3 aromatic rings. The number of ether oxygens (including phenoxy) is 1. The van der Waals surface area contributed by atoms with Crippen LogP contribution in [0, 0.1) is 0 Å². The number of rotatable bonds is 6. The highest BCUT2D eigenvalue weighted by molar-refractivity contribution is 6.08. The number of benzene rings is 2. The van der Waals surface area contributed by atoms with Gasteiger partial charge < -0.3 is 14.5 Å². The van der Waals surface area contributed by atoms with Crippen molar-refractivity contribution in [1.29, 1.82) is 0 Å². The second kappa shape index (κ2) is 7.20. The fraction of sp³-hybridized carbons (Fsp3) is 0.333. The highest BCUT2D eigenvalue weighted by Crippen LogP contribution is 2.30. The Morgan fingerprint density at radius 2 is 1.96 bits per heavy atom. The van der Waals surface area contributed by atoms with Gasteiger partial charge in [-0.15, -0.1) is 0 Å². The third-order valence-electron chi connectivity index (χ3n) is 4.69. The van der Waals surface area contributed by atoms with E-state index >= 15 is 0 Å². The Balaban J connectivity index is 1.90. The molecule has 3 rings (SSSR count). The fourth-order valence-electron chi connectivity index (χ4n) is 3.47. The van der Waals surface area contributed by atoms with E-state index < -0.39 is 11.5 Å². The van der Waals surface area contributed by atoms with Crippen molar-refractivity contribution in [2.24, 2.45) is 0 Å². The summed E-state index contributed by atoms with van der Waals surface area (Å²) >= 11 is 0. The molecule has 0 saturated heterocycles. The maximum Gasteiger partial charge on any atom is 0.331 e. The Kier molecular flexibility index (Phi) is 4.98. The van der Waals surface area contributed by atoms with E-state index in [0.717, 1.165) is 33.7 Å². The van der Waals surface area contributed by atoms with Gasteiger partial charge in [0.2, 0.25) is 5.91 Å². The average molecular weight is 353 g/mol. The summed E-state index contributed by atoms with van der Waals surface area (Å²) < 4.78 is 10.5. The van der Waals surface area contributed by atoms with Crippen molar-refractivity contribution in [2.45, 2.75) is 38.6 Å². The molecule has 1 unspecified atom stereocenters. The monoisotopic (exact) mass is 353 g/mol. The number of fused-ring (bicyclic) bond motifs is 3. The van der Waals surface area contributed by atoms with Gasteiger partial charge in [-0.2, -0.15) is 0 Å². The van der Waals surface area contributed by atoms with Crippen LogP contribution >= 0.6 is 0 Å². The van der Waals surface area contributed by atoms with Gasteiger partial charge >= 0.3 is 5.97 Å². The van der Waals surface area contributed by atoms with E-state index in [4.69, 9.17) is 9.15 Å². The fourth-order valence-corrected chi connectivity index (χ4v) is 3.47. The van der Waals surface area contributed by atoms with E-state index in [9.17, 15) is 9.59 Å². The largest absolute Gasteiger partial charge is 0.467 e. The van der Waals surface area contributed by atoms with Gasteiger partial charge in [-0.3, -0.25) is 4.79 Å². The standard InChI is InChI=1S/C21H23NO4/c1-4-11-21(2,20(24)25-3)22-18(23)12-15-13-26-17-10-9-14-7-5-6-8-16(14)19(15)17/h5-10,13H,4,11-12H2,1-3H3,(H,22,23). The van der Waals surface area contributed by atoms with Gasteiger partial charge in [0.25, 0.3) is 0 Å². The van der Waals surface area contributed by atoms with Crippen molar-refractivity contribution < 1.29 is 18.7 Å². The van der Waals surface area contributed by atoms with Gasteiger partial charge in [-0.1, -0.05) is 43.7 Å². The Bertz CT molecular complexity index is 959. The van der Waals surface area contributed by atoms with Crippen LogP contribution in [-0.4, -0.2) is 24.5 Å². The SMILES string of the molecule is CCCC(C)(NC(=O)Cc1coc2ccc3ccccc3c12)C(=O)OC. The minimum Gasteiger partial charge on any atom is -0.467 e. The molecule has 1 amide bonds.